The minimum Gasteiger partial charge on any atom is -0.325 e. The first-order valence-corrected chi connectivity index (χ1v) is 9.43. The van der Waals surface area contributed by atoms with Crippen molar-refractivity contribution >= 4 is 34.7 Å². The van der Waals surface area contributed by atoms with Crippen LogP contribution in [0.25, 0.3) is 0 Å². The van der Waals surface area contributed by atoms with Crippen molar-refractivity contribution in [3.05, 3.63) is 90.5 Å². The number of hydrogen-bond donors (Lipinski definition) is 1. The van der Waals surface area contributed by atoms with E-state index in [1.165, 1.54) is 5.56 Å². The van der Waals surface area contributed by atoms with Gasteiger partial charge in [0.05, 0.1) is 17.1 Å². The van der Waals surface area contributed by atoms with Crippen LogP contribution in [0.2, 0.25) is 0 Å². The largest absolute Gasteiger partial charge is 0.325 e. The summed E-state index contributed by atoms with van der Waals surface area (Å²) in [4.78, 5) is 12.0. The summed E-state index contributed by atoms with van der Waals surface area (Å²) in [5, 5.41) is 11.3. The highest BCUT2D eigenvalue weighted by Gasteiger charge is 2.03. The van der Waals surface area contributed by atoms with Crippen LogP contribution in [-0.2, 0) is 10.5 Å². The molecule has 0 aromatic heterocycles. The quantitative estimate of drug-likeness (QED) is 0.527. The molecule has 5 heteroatoms. The predicted octanol–water partition coefficient (Wildman–Crippen LogP) is 5.97. The van der Waals surface area contributed by atoms with Crippen LogP contribution in [0, 0.1) is 0 Å². The number of carbonyl (C=O) groups is 1. The third kappa shape index (κ3) is 5.86. The molecule has 26 heavy (non-hydrogen) atoms. The Morgan fingerprint density at radius 3 is 2.00 bits per heavy atom. The number of anilines is 1. The summed E-state index contributed by atoms with van der Waals surface area (Å²) < 4.78 is 0. The molecule has 0 aliphatic heterocycles. The lowest BCUT2D eigenvalue weighted by molar-refractivity contribution is -0.113. The molecule has 3 rings (SSSR count). The molecule has 1 amide bonds. The molecular weight excluding hydrogens is 342 g/mol. The third-order valence-corrected chi connectivity index (χ3v) is 4.54. The first-order chi connectivity index (χ1) is 12.8. The average Bonchev–Trinajstić information content (AvgIpc) is 2.69. The Balaban J connectivity index is 1.46. The van der Waals surface area contributed by atoms with E-state index >= 15 is 0 Å². The van der Waals surface area contributed by atoms with Crippen molar-refractivity contribution in [2.75, 3.05) is 11.1 Å². The summed E-state index contributed by atoms with van der Waals surface area (Å²) in [6.45, 7) is 0. The van der Waals surface area contributed by atoms with E-state index in [9.17, 15) is 4.79 Å². The fraction of sp³-hybridized carbons (Fsp3) is 0.0952. The number of rotatable bonds is 7. The fourth-order valence-corrected chi connectivity index (χ4v) is 3.04. The maximum atomic E-state index is 12.0. The van der Waals surface area contributed by atoms with Crippen LogP contribution >= 0.6 is 11.8 Å². The van der Waals surface area contributed by atoms with Crippen LogP contribution in [0.4, 0.5) is 17.1 Å². The Hall–Kier alpha value is -2.92. The number of nitrogens with one attached hydrogen (secondary N) is 1. The first kappa shape index (κ1) is 17.9. The van der Waals surface area contributed by atoms with Crippen LogP contribution in [0.15, 0.2) is 95.2 Å². The molecular formula is C21H19N3OS. The van der Waals surface area contributed by atoms with Gasteiger partial charge in [0, 0.05) is 11.4 Å². The van der Waals surface area contributed by atoms with Gasteiger partial charge in [0.25, 0.3) is 0 Å². The topological polar surface area (TPSA) is 53.8 Å². The molecule has 0 saturated heterocycles. The molecule has 0 fully saturated rings. The van der Waals surface area contributed by atoms with Gasteiger partial charge in [-0.3, -0.25) is 4.79 Å². The summed E-state index contributed by atoms with van der Waals surface area (Å²) in [6, 6.07) is 27.0. The second-order valence-corrected chi connectivity index (χ2v) is 6.59. The lowest BCUT2D eigenvalue weighted by Gasteiger charge is -2.05. The van der Waals surface area contributed by atoms with Crippen LogP contribution in [0.3, 0.4) is 0 Å². The summed E-state index contributed by atoms with van der Waals surface area (Å²) in [6.07, 6.45) is 0. The van der Waals surface area contributed by atoms with Crippen molar-refractivity contribution in [1.29, 1.82) is 0 Å². The fourth-order valence-electron chi connectivity index (χ4n) is 2.25. The summed E-state index contributed by atoms with van der Waals surface area (Å²) >= 11 is 1.60. The number of nitrogens with zero attached hydrogens (tertiary/aromatic N) is 2. The minimum atomic E-state index is -0.00964. The normalized spacial score (nSPS) is 10.8. The van der Waals surface area contributed by atoms with Gasteiger partial charge < -0.3 is 5.32 Å². The third-order valence-electron chi connectivity index (χ3n) is 3.53. The van der Waals surface area contributed by atoms with Gasteiger partial charge in [0.2, 0.25) is 5.91 Å². The number of carbonyl (C=O) groups excluding carboxylic acids is 1. The molecule has 130 valence electrons. The van der Waals surface area contributed by atoms with Gasteiger partial charge in [0.1, 0.15) is 0 Å². The smallest absolute Gasteiger partial charge is 0.234 e. The van der Waals surface area contributed by atoms with Crippen LogP contribution in [-0.4, -0.2) is 11.7 Å². The van der Waals surface area contributed by atoms with Gasteiger partial charge in [-0.25, -0.2) is 0 Å². The Labute approximate surface area is 157 Å². The van der Waals surface area contributed by atoms with Crippen LogP contribution in [0.1, 0.15) is 5.56 Å². The minimum absolute atomic E-state index is 0.00964. The SMILES string of the molecule is O=C(CSCc1ccccc1)Nc1ccc(N=Nc2ccccc2)cc1. The number of hydrogen-bond acceptors (Lipinski definition) is 4. The monoisotopic (exact) mass is 361 g/mol. The van der Waals surface area contributed by atoms with Gasteiger partial charge in [-0.15, -0.1) is 11.8 Å². The maximum Gasteiger partial charge on any atom is 0.234 e. The molecule has 0 unspecified atom stereocenters. The lowest BCUT2D eigenvalue weighted by Crippen LogP contribution is -2.13. The second kappa shape index (κ2) is 9.53. The van der Waals surface area contributed by atoms with E-state index in [-0.39, 0.29) is 5.91 Å². The van der Waals surface area contributed by atoms with E-state index in [4.69, 9.17) is 0 Å². The van der Waals surface area contributed by atoms with Crippen molar-refractivity contribution in [2.45, 2.75) is 5.75 Å². The van der Waals surface area contributed by atoms with Gasteiger partial charge in [-0.1, -0.05) is 48.5 Å². The van der Waals surface area contributed by atoms with Crippen molar-refractivity contribution in [2.24, 2.45) is 10.2 Å². The standard InChI is InChI=1S/C21H19N3OS/c25-21(16-26-15-17-7-3-1-4-8-17)22-18-11-13-20(14-12-18)24-23-19-9-5-2-6-10-19/h1-14H,15-16H2,(H,22,25). The highest BCUT2D eigenvalue weighted by atomic mass is 32.2. The molecule has 3 aromatic rings. The Bertz CT molecular complexity index is 849. The lowest BCUT2D eigenvalue weighted by atomic mass is 10.2. The van der Waals surface area contributed by atoms with E-state index in [2.05, 4.69) is 27.7 Å². The van der Waals surface area contributed by atoms with Crippen LogP contribution in [0.5, 0.6) is 0 Å². The molecule has 0 saturated carbocycles. The van der Waals surface area contributed by atoms with E-state index in [0.717, 1.165) is 22.8 Å². The van der Waals surface area contributed by atoms with E-state index in [0.29, 0.717) is 5.75 Å². The molecule has 0 bridgehead atoms. The highest BCUT2D eigenvalue weighted by molar-refractivity contribution is 7.99. The molecule has 0 aliphatic carbocycles. The Kier molecular flexibility index (Phi) is 6.56. The van der Waals surface area contributed by atoms with Gasteiger partial charge >= 0.3 is 0 Å². The zero-order valence-electron chi connectivity index (χ0n) is 14.2. The number of benzene rings is 3. The molecule has 1 N–H and O–H groups in total. The summed E-state index contributed by atoms with van der Waals surface area (Å²) in [5.41, 5.74) is 3.53. The summed E-state index contributed by atoms with van der Waals surface area (Å²) in [5.74, 6) is 1.24. The van der Waals surface area contributed by atoms with Crippen LogP contribution < -0.4 is 5.32 Å². The maximum absolute atomic E-state index is 12.0. The first-order valence-electron chi connectivity index (χ1n) is 8.28. The molecule has 0 spiro atoms. The number of azo groups is 1. The zero-order chi connectivity index (χ0) is 18.0. The highest BCUT2D eigenvalue weighted by Crippen LogP contribution is 2.20. The van der Waals surface area contributed by atoms with Crippen molar-refractivity contribution in [3.8, 4) is 0 Å². The van der Waals surface area contributed by atoms with Gasteiger partial charge in [-0.2, -0.15) is 10.2 Å². The van der Waals surface area contributed by atoms with E-state index in [1.54, 1.807) is 11.8 Å². The van der Waals surface area contributed by atoms with Gasteiger partial charge in [-0.05, 0) is 42.0 Å². The van der Waals surface area contributed by atoms with Crippen molar-refractivity contribution in [1.82, 2.24) is 0 Å². The van der Waals surface area contributed by atoms with E-state index in [1.807, 2.05) is 72.8 Å². The Morgan fingerprint density at radius 2 is 1.35 bits per heavy atom. The molecule has 0 heterocycles. The molecule has 0 radical (unpaired) electrons. The molecule has 0 aliphatic rings. The zero-order valence-corrected chi connectivity index (χ0v) is 15.0. The van der Waals surface area contributed by atoms with Crippen molar-refractivity contribution in [3.63, 3.8) is 0 Å². The van der Waals surface area contributed by atoms with E-state index < -0.39 is 0 Å². The average molecular weight is 361 g/mol. The molecule has 0 atom stereocenters. The summed E-state index contributed by atoms with van der Waals surface area (Å²) in [7, 11) is 0. The number of amides is 1. The molecule has 3 aromatic carbocycles. The number of thioether (sulfide) groups is 1. The van der Waals surface area contributed by atoms with Gasteiger partial charge in [0.15, 0.2) is 0 Å². The Morgan fingerprint density at radius 1 is 0.769 bits per heavy atom. The predicted molar refractivity (Wildman–Crippen MR) is 108 cm³/mol. The second-order valence-electron chi connectivity index (χ2n) is 5.61. The van der Waals surface area contributed by atoms with Crippen molar-refractivity contribution < 1.29 is 4.79 Å². The molecule has 4 nitrogen and oxygen atoms in total.